The Kier molecular flexibility index (Phi) is 7.40. The highest BCUT2D eigenvalue weighted by molar-refractivity contribution is 7.85. The average Bonchev–Trinajstić information content (AvgIpc) is 2.54. The van der Waals surface area contributed by atoms with Crippen LogP contribution in [0.2, 0.25) is 0 Å². The van der Waals surface area contributed by atoms with Crippen molar-refractivity contribution in [1.82, 2.24) is 10.6 Å². The zero-order valence-corrected chi connectivity index (χ0v) is 14.1. The molecule has 8 heteroatoms. The number of imide groups is 1. The Morgan fingerprint density at radius 2 is 1.87 bits per heavy atom. The minimum atomic E-state index is -1.33. The number of amides is 3. The number of hydrogen-bond donors (Lipinski definition) is 2. The first-order valence-corrected chi connectivity index (χ1v) is 8.49. The summed E-state index contributed by atoms with van der Waals surface area (Å²) in [5.41, 5.74) is 0.144. The van der Waals surface area contributed by atoms with Crippen LogP contribution in [-0.4, -0.2) is 40.5 Å². The molecule has 0 bridgehead atoms. The van der Waals surface area contributed by atoms with Crippen LogP contribution >= 0.6 is 0 Å². The van der Waals surface area contributed by atoms with Gasteiger partial charge < -0.3 is 10.1 Å². The van der Waals surface area contributed by atoms with Gasteiger partial charge in [-0.3, -0.25) is 14.3 Å². The predicted octanol–water partition coefficient (Wildman–Crippen LogP) is 1.21. The number of benzene rings is 1. The fourth-order valence-corrected chi connectivity index (χ4v) is 2.62. The average molecular weight is 340 g/mol. The molecule has 0 radical (unpaired) electrons. The molecule has 0 spiro atoms. The van der Waals surface area contributed by atoms with E-state index in [2.05, 4.69) is 10.6 Å². The summed E-state index contributed by atoms with van der Waals surface area (Å²) in [4.78, 5) is 35.6. The van der Waals surface area contributed by atoms with Crippen molar-refractivity contribution >= 4 is 28.7 Å². The van der Waals surface area contributed by atoms with Crippen molar-refractivity contribution < 1.29 is 23.3 Å². The number of esters is 1. The fourth-order valence-electron chi connectivity index (χ4n) is 1.69. The molecule has 1 aromatic rings. The van der Waals surface area contributed by atoms with Gasteiger partial charge >= 0.3 is 12.0 Å². The Bertz CT molecular complexity index is 618. The number of hydrogen-bond acceptors (Lipinski definition) is 5. The van der Waals surface area contributed by atoms with Crippen molar-refractivity contribution in [2.75, 3.05) is 12.3 Å². The third-order valence-electron chi connectivity index (χ3n) is 2.84. The lowest BCUT2D eigenvalue weighted by Crippen LogP contribution is -2.44. The van der Waals surface area contributed by atoms with Crippen LogP contribution in [0.1, 0.15) is 31.1 Å². The second-order valence-corrected chi connectivity index (χ2v) is 6.23. The van der Waals surface area contributed by atoms with Gasteiger partial charge in [-0.2, -0.15) is 0 Å². The van der Waals surface area contributed by atoms with Gasteiger partial charge in [0.15, 0.2) is 6.10 Å². The molecule has 0 saturated heterocycles. The summed E-state index contributed by atoms with van der Waals surface area (Å²) in [6.07, 6.45) is -1.16. The summed E-state index contributed by atoms with van der Waals surface area (Å²) >= 11 is 0. The van der Waals surface area contributed by atoms with E-state index in [9.17, 15) is 18.6 Å². The predicted molar refractivity (Wildman–Crippen MR) is 85.5 cm³/mol. The molecule has 3 amide bonds. The van der Waals surface area contributed by atoms with E-state index in [4.69, 9.17) is 4.74 Å². The SMILES string of the molecule is CCNC(=O)NC(=O)[C@@H](C)OC(=O)c1ccccc1[S@](=O)CC. The molecule has 0 heterocycles. The van der Waals surface area contributed by atoms with Crippen molar-refractivity contribution in [2.45, 2.75) is 31.8 Å². The van der Waals surface area contributed by atoms with E-state index in [0.717, 1.165) is 0 Å². The molecule has 0 fully saturated rings. The highest BCUT2D eigenvalue weighted by Crippen LogP contribution is 2.15. The monoisotopic (exact) mass is 340 g/mol. The maximum atomic E-state index is 12.2. The molecule has 126 valence electrons. The summed E-state index contributed by atoms with van der Waals surface area (Å²) < 4.78 is 17.0. The summed E-state index contributed by atoms with van der Waals surface area (Å²) in [5.74, 6) is -1.14. The van der Waals surface area contributed by atoms with Gasteiger partial charge in [0.05, 0.1) is 21.3 Å². The Morgan fingerprint density at radius 1 is 1.22 bits per heavy atom. The maximum Gasteiger partial charge on any atom is 0.340 e. The number of ether oxygens (including phenoxy) is 1. The van der Waals surface area contributed by atoms with Crippen LogP contribution in [0, 0.1) is 0 Å². The third kappa shape index (κ3) is 5.48. The van der Waals surface area contributed by atoms with Gasteiger partial charge in [-0.15, -0.1) is 0 Å². The van der Waals surface area contributed by atoms with Crippen LogP contribution in [0.15, 0.2) is 29.2 Å². The van der Waals surface area contributed by atoms with Gasteiger partial charge in [-0.1, -0.05) is 19.1 Å². The standard InChI is InChI=1S/C15H20N2O5S/c1-4-16-15(20)17-13(18)10(3)22-14(19)11-8-6-7-9-12(11)23(21)5-2/h6-10H,4-5H2,1-3H3,(H2,16,17,18,20)/t10-,23-/m1/s1. The molecule has 2 N–H and O–H groups in total. The van der Waals surface area contributed by atoms with Crippen LogP contribution in [-0.2, 0) is 20.3 Å². The summed E-state index contributed by atoms with van der Waals surface area (Å²) in [7, 11) is -1.33. The second-order valence-electron chi connectivity index (χ2n) is 4.53. The van der Waals surface area contributed by atoms with Gasteiger partial charge in [0.25, 0.3) is 5.91 Å². The zero-order valence-electron chi connectivity index (χ0n) is 13.3. The molecule has 7 nitrogen and oxygen atoms in total. The maximum absolute atomic E-state index is 12.2. The normalized spacial score (nSPS) is 12.8. The molecule has 0 aromatic heterocycles. The molecule has 2 atom stereocenters. The molecular weight excluding hydrogens is 320 g/mol. The molecule has 23 heavy (non-hydrogen) atoms. The zero-order chi connectivity index (χ0) is 17.4. The number of carbonyl (C=O) groups is 3. The van der Waals surface area contributed by atoms with Gasteiger partial charge in [0.1, 0.15) is 0 Å². The Morgan fingerprint density at radius 3 is 2.48 bits per heavy atom. The highest BCUT2D eigenvalue weighted by Gasteiger charge is 2.23. The van der Waals surface area contributed by atoms with E-state index < -0.39 is 34.8 Å². The molecule has 0 saturated carbocycles. The van der Waals surface area contributed by atoms with Crippen molar-refractivity contribution in [1.29, 1.82) is 0 Å². The van der Waals surface area contributed by atoms with E-state index in [1.54, 1.807) is 32.0 Å². The van der Waals surface area contributed by atoms with Crippen LogP contribution < -0.4 is 10.6 Å². The Hall–Kier alpha value is -2.22. The van der Waals surface area contributed by atoms with Crippen molar-refractivity contribution in [3.05, 3.63) is 29.8 Å². The molecule has 0 aliphatic heterocycles. The summed E-state index contributed by atoms with van der Waals surface area (Å²) in [6, 6.07) is 5.69. The molecule has 1 aromatic carbocycles. The number of rotatable bonds is 6. The van der Waals surface area contributed by atoms with E-state index in [0.29, 0.717) is 17.2 Å². The smallest absolute Gasteiger partial charge is 0.340 e. The van der Waals surface area contributed by atoms with E-state index in [1.165, 1.54) is 13.0 Å². The lowest BCUT2D eigenvalue weighted by Gasteiger charge is -2.14. The number of carbonyl (C=O) groups excluding carboxylic acids is 3. The van der Waals surface area contributed by atoms with E-state index >= 15 is 0 Å². The molecule has 0 unspecified atom stereocenters. The van der Waals surface area contributed by atoms with Crippen molar-refractivity contribution in [3.63, 3.8) is 0 Å². The summed E-state index contributed by atoms with van der Waals surface area (Å²) in [6.45, 7) is 5.16. The highest BCUT2D eigenvalue weighted by atomic mass is 32.2. The number of urea groups is 1. The largest absolute Gasteiger partial charge is 0.449 e. The lowest BCUT2D eigenvalue weighted by molar-refractivity contribution is -0.127. The minimum Gasteiger partial charge on any atom is -0.449 e. The van der Waals surface area contributed by atoms with Gasteiger partial charge in [-0.25, -0.2) is 9.59 Å². The Labute approximate surface area is 137 Å². The molecular formula is C15H20N2O5S. The topological polar surface area (TPSA) is 102 Å². The van der Waals surface area contributed by atoms with Crippen molar-refractivity contribution in [2.24, 2.45) is 0 Å². The van der Waals surface area contributed by atoms with Crippen molar-refractivity contribution in [3.8, 4) is 0 Å². The fraction of sp³-hybridized carbons (Fsp3) is 0.400. The van der Waals surface area contributed by atoms with Gasteiger partial charge in [0.2, 0.25) is 0 Å². The van der Waals surface area contributed by atoms with Crippen LogP contribution in [0.4, 0.5) is 4.79 Å². The first-order valence-electron chi connectivity index (χ1n) is 7.17. The van der Waals surface area contributed by atoms with E-state index in [-0.39, 0.29) is 5.56 Å². The van der Waals surface area contributed by atoms with E-state index in [1.807, 2.05) is 0 Å². The van der Waals surface area contributed by atoms with Gasteiger partial charge in [0, 0.05) is 12.3 Å². The van der Waals surface area contributed by atoms with Crippen LogP contribution in [0.5, 0.6) is 0 Å². The van der Waals surface area contributed by atoms with Crippen LogP contribution in [0.25, 0.3) is 0 Å². The Balaban J connectivity index is 2.78. The minimum absolute atomic E-state index is 0.144. The number of nitrogens with one attached hydrogen (secondary N) is 2. The quantitative estimate of drug-likeness (QED) is 0.758. The molecule has 1 rings (SSSR count). The van der Waals surface area contributed by atoms with Gasteiger partial charge in [-0.05, 0) is 26.0 Å². The summed E-state index contributed by atoms with van der Waals surface area (Å²) in [5, 5.41) is 4.46. The first kappa shape index (κ1) is 18.8. The second kappa shape index (κ2) is 9.04. The molecule has 0 aliphatic rings. The third-order valence-corrected chi connectivity index (χ3v) is 4.21. The lowest BCUT2D eigenvalue weighted by atomic mass is 10.2. The van der Waals surface area contributed by atoms with Crippen LogP contribution in [0.3, 0.4) is 0 Å². The first-order chi connectivity index (χ1) is 10.9. The molecule has 0 aliphatic carbocycles.